The van der Waals surface area contributed by atoms with Crippen molar-refractivity contribution in [2.75, 3.05) is 6.54 Å². The van der Waals surface area contributed by atoms with E-state index in [0.717, 1.165) is 22.0 Å². The highest BCUT2D eigenvalue weighted by molar-refractivity contribution is 7.14. The molecule has 0 saturated heterocycles. The molecule has 3 rings (SSSR count). The fraction of sp³-hybridized carbons (Fsp3) is 0.231. The summed E-state index contributed by atoms with van der Waals surface area (Å²) in [4.78, 5) is 0. The van der Waals surface area contributed by atoms with Gasteiger partial charge < -0.3 is 10.3 Å². The van der Waals surface area contributed by atoms with Crippen LogP contribution in [0.5, 0.6) is 0 Å². The van der Waals surface area contributed by atoms with Crippen LogP contribution in [0.4, 0.5) is 0 Å². The molecule has 0 amide bonds. The third-order valence-corrected chi connectivity index (χ3v) is 3.97. The molecule has 0 radical (unpaired) electrons. The van der Waals surface area contributed by atoms with Crippen molar-refractivity contribution in [2.24, 2.45) is 12.8 Å². The molecule has 18 heavy (non-hydrogen) atoms. The summed E-state index contributed by atoms with van der Waals surface area (Å²) in [6, 6.07) is 8.33. The number of rotatable bonds is 3. The van der Waals surface area contributed by atoms with Crippen LogP contribution in [0.1, 0.15) is 5.01 Å². The second-order valence-electron chi connectivity index (χ2n) is 4.21. The number of aromatic nitrogens is 3. The van der Waals surface area contributed by atoms with Gasteiger partial charge in [-0.25, -0.2) is 0 Å². The van der Waals surface area contributed by atoms with Crippen molar-refractivity contribution in [2.45, 2.75) is 6.42 Å². The number of benzene rings is 1. The van der Waals surface area contributed by atoms with Crippen LogP contribution in [0.25, 0.3) is 21.5 Å². The molecule has 2 heterocycles. The zero-order chi connectivity index (χ0) is 12.5. The molecule has 0 saturated carbocycles. The van der Waals surface area contributed by atoms with Gasteiger partial charge in [0.1, 0.15) is 10.0 Å². The van der Waals surface area contributed by atoms with Crippen LogP contribution in [0.2, 0.25) is 0 Å². The Kier molecular flexibility index (Phi) is 2.85. The SMILES string of the molecule is Cn1cc(-c2nnc(CCN)s2)c2ccccc21. The zero-order valence-corrected chi connectivity index (χ0v) is 10.9. The van der Waals surface area contributed by atoms with Crippen LogP contribution >= 0.6 is 11.3 Å². The van der Waals surface area contributed by atoms with Gasteiger partial charge >= 0.3 is 0 Å². The van der Waals surface area contributed by atoms with Crippen molar-refractivity contribution in [1.29, 1.82) is 0 Å². The van der Waals surface area contributed by atoms with Gasteiger partial charge in [-0.2, -0.15) is 0 Å². The van der Waals surface area contributed by atoms with E-state index in [9.17, 15) is 0 Å². The highest BCUT2D eigenvalue weighted by atomic mass is 32.1. The maximum atomic E-state index is 5.54. The van der Waals surface area contributed by atoms with Gasteiger partial charge in [-0.3, -0.25) is 0 Å². The molecule has 0 spiro atoms. The van der Waals surface area contributed by atoms with Crippen molar-refractivity contribution in [3.05, 3.63) is 35.5 Å². The number of nitrogens with zero attached hydrogens (tertiary/aromatic N) is 3. The lowest BCUT2D eigenvalue weighted by molar-refractivity contribution is 0.913. The van der Waals surface area contributed by atoms with Gasteiger partial charge in [-0.05, 0) is 12.6 Å². The predicted octanol–water partition coefficient (Wildman–Crippen LogP) is 2.20. The van der Waals surface area contributed by atoms with Gasteiger partial charge in [0.15, 0.2) is 0 Å². The van der Waals surface area contributed by atoms with E-state index in [1.54, 1.807) is 11.3 Å². The minimum atomic E-state index is 0.615. The van der Waals surface area contributed by atoms with E-state index in [1.165, 1.54) is 10.9 Å². The first-order valence-corrected chi connectivity index (χ1v) is 6.68. The fourth-order valence-electron chi connectivity index (χ4n) is 2.10. The topological polar surface area (TPSA) is 56.7 Å². The minimum absolute atomic E-state index is 0.615. The fourth-order valence-corrected chi connectivity index (χ4v) is 2.98. The molecule has 2 aromatic heterocycles. The maximum Gasteiger partial charge on any atom is 0.149 e. The molecular weight excluding hydrogens is 244 g/mol. The first-order valence-electron chi connectivity index (χ1n) is 5.86. The van der Waals surface area contributed by atoms with Gasteiger partial charge in [0.2, 0.25) is 0 Å². The Morgan fingerprint density at radius 2 is 2.11 bits per heavy atom. The summed E-state index contributed by atoms with van der Waals surface area (Å²) in [5.74, 6) is 0. The highest BCUT2D eigenvalue weighted by Crippen LogP contribution is 2.31. The van der Waals surface area contributed by atoms with Crippen molar-refractivity contribution in [1.82, 2.24) is 14.8 Å². The smallest absolute Gasteiger partial charge is 0.149 e. The molecule has 2 N–H and O–H groups in total. The van der Waals surface area contributed by atoms with Crippen LogP contribution in [0.3, 0.4) is 0 Å². The van der Waals surface area contributed by atoms with E-state index in [2.05, 4.69) is 33.1 Å². The van der Waals surface area contributed by atoms with Crippen molar-refractivity contribution < 1.29 is 0 Å². The molecule has 92 valence electrons. The molecule has 4 nitrogen and oxygen atoms in total. The first-order chi connectivity index (χ1) is 8.79. The third kappa shape index (κ3) is 1.81. The summed E-state index contributed by atoms with van der Waals surface area (Å²) in [5, 5.41) is 11.6. The van der Waals surface area contributed by atoms with Crippen molar-refractivity contribution >= 4 is 22.2 Å². The standard InChI is InChI=1S/C13H14N4S/c1-17-8-10(9-4-2-3-5-11(9)17)13-16-15-12(18-13)6-7-14/h2-5,8H,6-7,14H2,1H3. The number of nitrogens with two attached hydrogens (primary N) is 1. The minimum Gasteiger partial charge on any atom is -0.350 e. The third-order valence-electron chi connectivity index (χ3n) is 2.95. The van der Waals surface area contributed by atoms with Gasteiger partial charge in [-0.1, -0.05) is 29.5 Å². The summed E-state index contributed by atoms with van der Waals surface area (Å²) in [5.41, 5.74) is 7.90. The van der Waals surface area contributed by atoms with E-state index >= 15 is 0 Å². The summed E-state index contributed by atoms with van der Waals surface area (Å²) < 4.78 is 2.12. The summed E-state index contributed by atoms with van der Waals surface area (Å²) in [7, 11) is 2.05. The lowest BCUT2D eigenvalue weighted by atomic mass is 10.2. The summed E-state index contributed by atoms with van der Waals surface area (Å²) in [6.07, 6.45) is 2.90. The van der Waals surface area contributed by atoms with Gasteiger partial charge in [0.05, 0.1) is 0 Å². The molecule has 5 heteroatoms. The molecule has 0 aliphatic rings. The molecule has 0 aliphatic heterocycles. The quantitative estimate of drug-likeness (QED) is 0.783. The Morgan fingerprint density at radius 3 is 2.94 bits per heavy atom. The highest BCUT2D eigenvalue weighted by Gasteiger charge is 2.12. The molecule has 0 bridgehead atoms. The van der Waals surface area contributed by atoms with Gasteiger partial charge in [0.25, 0.3) is 0 Å². The van der Waals surface area contributed by atoms with Crippen molar-refractivity contribution in [3.8, 4) is 10.6 Å². The zero-order valence-electron chi connectivity index (χ0n) is 10.1. The molecule has 0 aliphatic carbocycles. The Balaban J connectivity index is 2.13. The second-order valence-corrected chi connectivity index (χ2v) is 5.27. The summed E-state index contributed by atoms with van der Waals surface area (Å²) >= 11 is 1.62. The van der Waals surface area contributed by atoms with Crippen LogP contribution in [-0.4, -0.2) is 21.3 Å². The molecule has 3 aromatic rings. The Bertz CT molecular complexity index is 683. The first kappa shape index (κ1) is 11.4. The largest absolute Gasteiger partial charge is 0.350 e. The number of hydrogen-bond donors (Lipinski definition) is 1. The average molecular weight is 258 g/mol. The Labute approximate surface area is 109 Å². The van der Waals surface area contributed by atoms with Crippen LogP contribution < -0.4 is 5.73 Å². The number of para-hydroxylation sites is 1. The number of fused-ring (bicyclic) bond motifs is 1. The lowest BCUT2D eigenvalue weighted by Crippen LogP contribution is -2.01. The van der Waals surface area contributed by atoms with E-state index < -0.39 is 0 Å². The number of hydrogen-bond acceptors (Lipinski definition) is 4. The molecule has 0 atom stereocenters. The maximum absolute atomic E-state index is 5.54. The Hall–Kier alpha value is -1.72. The monoisotopic (exact) mass is 258 g/mol. The molecular formula is C13H14N4S. The van der Waals surface area contributed by atoms with Gasteiger partial charge in [0, 0.05) is 36.1 Å². The average Bonchev–Trinajstić information content (AvgIpc) is 2.96. The summed E-state index contributed by atoms with van der Waals surface area (Å²) in [6.45, 7) is 0.615. The molecule has 0 fully saturated rings. The van der Waals surface area contributed by atoms with E-state index in [-0.39, 0.29) is 0 Å². The van der Waals surface area contributed by atoms with E-state index in [1.807, 2.05) is 19.2 Å². The van der Waals surface area contributed by atoms with E-state index in [4.69, 9.17) is 5.73 Å². The van der Waals surface area contributed by atoms with Crippen LogP contribution in [0.15, 0.2) is 30.5 Å². The van der Waals surface area contributed by atoms with Crippen LogP contribution in [0, 0.1) is 0 Å². The number of aryl methyl sites for hydroxylation is 1. The second kappa shape index (κ2) is 4.51. The van der Waals surface area contributed by atoms with Gasteiger partial charge in [-0.15, -0.1) is 10.2 Å². The molecule has 1 aromatic carbocycles. The van der Waals surface area contributed by atoms with Crippen LogP contribution in [-0.2, 0) is 13.5 Å². The van der Waals surface area contributed by atoms with Crippen molar-refractivity contribution in [3.63, 3.8) is 0 Å². The lowest BCUT2D eigenvalue weighted by Gasteiger charge is -1.93. The normalized spacial score (nSPS) is 11.2. The van der Waals surface area contributed by atoms with E-state index in [0.29, 0.717) is 6.54 Å². The predicted molar refractivity (Wildman–Crippen MR) is 74.6 cm³/mol. The molecule has 0 unspecified atom stereocenters. The Morgan fingerprint density at radius 1 is 1.28 bits per heavy atom.